The highest BCUT2D eigenvalue weighted by atomic mass is 15.1. The van der Waals surface area contributed by atoms with Gasteiger partial charge < -0.3 is 10.3 Å². The summed E-state index contributed by atoms with van der Waals surface area (Å²) < 4.78 is 2.16. The van der Waals surface area contributed by atoms with Crippen LogP contribution in [0.2, 0.25) is 0 Å². The van der Waals surface area contributed by atoms with Crippen LogP contribution in [0, 0.1) is 0 Å². The Morgan fingerprint density at radius 2 is 2.44 bits per heavy atom. The maximum absolute atomic E-state index is 5.96. The molecule has 3 rings (SSSR count). The largest absolute Gasteiger partial charge is 0.331 e. The second-order valence-electron chi connectivity index (χ2n) is 4.38. The molecule has 0 aromatic carbocycles. The van der Waals surface area contributed by atoms with Crippen LogP contribution in [0.1, 0.15) is 17.8 Å². The Morgan fingerprint density at radius 1 is 1.56 bits per heavy atom. The fourth-order valence-electron chi connectivity index (χ4n) is 2.37. The molecule has 0 saturated heterocycles. The standard InChI is InChI=1S/C11H15N5/c1-16-10-3-2-8(12)4-9(10)15-11(16)7-5-13-14-6-7/h5-6,8H,2-4,12H2,1H3,(H,13,14). The molecule has 2 aromatic heterocycles. The van der Waals surface area contributed by atoms with E-state index in [1.807, 2.05) is 6.20 Å². The number of nitrogens with two attached hydrogens (primary N) is 1. The van der Waals surface area contributed by atoms with Gasteiger partial charge in [0.15, 0.2) is 0 Å². The summed E-state index contributed by atoms with van der Waals surface area (Å²) in [5, 5.41) is 6.77. The smallest absolute Gasteiger partial charge is 0.143 e. The molecule has 0 fully saturated rings. The monoisotopic (exact) mass is 217 g/mol. The normalized spacial score (nSPS) is 19.8. The Morgan fingerprint density at radius 3 is 3.19 bits per heavy atom. The SMILES string of the molecule is Cn1c(-c2cn[nH]c2)nc2c1CCC(N)C2. The number of H-pyrrole nitrogens is 1. The van der Waals surface area contributed by atoms with Gasteiger partial charge in [-0.25, -0.2) is 4.98 Å². The summed E-state index contributed by atoms with van der Waals surface area (Å²) in [7, 11) is 2.06. The van der Waals surface area contributed by atoms with Crippen molar-refractivity contribution in [2.75, 3.05) is 0 Å². The van der Waals surface area contributed by atoms with Crippen LogP contribution in [-0.4, -0.2) is 25.8 Å². The topological polar surface area (TPSA) is 72.5 Å². The van der Waals surface area contributed by atoms with Crippen LogP contribution in [0.5, 0.6) is 0 Å². The average Bonchev–Trinajstić information content (AvgIpc) is 2.86. The molecule has 1 aliphatic carbocycles. The zero-order valence-corrected chi connectivity index (χ0v) is 9.27. The third kappa shape index (κ3) is 1.36. The molecule has 2 aromatic rings. The average molecular weight is 217 g/mol. The molecule has 0 spiro atoms. The lowest BCUT2D eigenvalue weighted by Gasteiger charge is -2.17. The third-order valence-corrected chi connectivity index (χ3v) is 3.26. The molecule has 1 aliphatic rings. The maximum atomic E-state index is 5.96. The molecule has 0 saturated carbocycles. The van der Waals surface area contributed by atoms with Crippen LogP contribution >= 0.6 is 0 Å². The zero-order chi connectivity index (χ0) is 11.1. The zero-order valence-electron chi connectivity index (χ0n) is 9.27. The molecule has 1 unspecified atom stereocenters. The van der Waals surface area contributed by atoms with E-state index in [1.165, 1.54) is 5.69 Å². The van der Waals surface area contributed by atoms with E-state index < -0.39 is 0 Å². The molecule has 84 valence electrons. The highest BCUT2D eigenvalue weighted by Crippen LogP contribution is 2.25. The molecule has 0 amide bonds. The van der Waals surface area contributed by atoms with Crippen LogP contribution in [0.15, 0.2) is 12.4 Å². The van der Waals surface area contributed by atoms with Crippen LogP contribution in [-0.2, 0) is 19.9 Å². The Labute approximate surface area is 93.7 Å². The first-order valence-electron chi connectivity index (χ1n) is 5.55. The van der Waals surface area contributed by atoms with E-state index in [9.17, 15) is 0 Å². The van der Waals surface area contributed by atoms with Gasteiger partial charge in [-0.1, -0.05) is 0 Å². The summed E-state index contributed by atoms with van der Waals surface area (Å²) in [6.45, 7) is 0. The lowest BCUT2D eigenvalue weighted by Crippen LogP contribution is -2.28. The van der Waals surface area contributed by atoms with E-state index in [2.05, 4.69) is 26.8 Å². The van der Waals surface area contributed by atoms with Gasteiger partial charge in [-0.3, -0.25) is 5.10 Å². The lowest BCUT2D eigenvalue weighted by molar-refractivity contribution is 0.554. The summed E-state index contributed by atoms with van der Waals surface area (Å²) >= 11 is 0. The number of nitrogens with zero attached hydrogens (tertiary/aromatic N) is 3. The van der Waals surface area contributed by atoms with E-state index in [4.69, 9.17) is 5.73 Å². The van der Waals surface area contributed by atoms with Crippen LogP contribution in [0.25, 0.3) is 11.4 Å². The number of rotatable bonds is 1. The molecule has 0 aliphatic heterocycles. The second kappa shape index (κ2) is 3.45. The first kappa shape index (κ1) is 9.59. The number of nitrogens with one attached hydrogen (secondary N) is 1. The van der Waals surface area contributed by atoms with E-state index in [1.54, 1.807) is 6.20 Å². The Bertz CT molecular complexity index is 497. The highest BCUT2D eigenvalue weighted by Gasteiger charge is 2.22. The number of aromatic nitrogens is 4. The first-order chi connectivity index (χ1) is 7.75. The number of hydrogen-bond acceptors (Lipinski definition) is 3. The number of imidazole rings is 1. The van der Waals surface area contributed by atoms with Crippen molar-refractivity contribution >= 4 is 0 Å². The van der Waals surface area contributed by atoms with Crippen molar-refractivity contribution in [3.05, 3.63) is 23.8 Å². The van der Waals surface area contributed by atoms with E-state index in [0.717, 1.165) is 36.3 Å². The van der Waals surface area contributed by atoms with Crippen LogP contribution in [0.3, 0.4) is 0 Å². The van der Waals surface area contributed by atoms with Crippen molar-refractivity contribution in [1.29, 1.82) is 0 Å². The molecule has 2 heterocycles. The van der Waals surface area contributed by atoms with Crippen molar-refractivity contribution in [2.45, 2.75) is 25.3 Å². The van der Waals surface area contributed by atoms with Crippen LogP contribution in [0.4, 0.5) is 0 Å². The fourth-order valence-corrected chi connectivity index (χ4v) is 2.37. The van der Waals surface area contributed by atoms with Gasteiger partial charge in [0.05, 0.1) is 17.5 Å². The van der Waals surface area contributed by atoms with Gasteiger partial charge in [-0.2, -0.15) is 5.10 Å². The minimum Gasteiger partial charge on any atom is -0.331 e. The van der Waals surface area contributed by atoms with E-state index >= 15 is 0 Å². The van der Waals surface area contributed by atoms with E-state index in [-0.39, 0.29) is 6.04 Å². The highest BCUT2D eigenvalue weighted by molar-refractivity contribution is 5.54. The molecular formula is C11H15N5. The quantitative estimate of drug-likeness (QED) is 0.735. The summed E-state index contributed by atoms with van der Waals surface area (Å²) in [5.41, 5.74) is 9.46. The van der Waals surface area contributed by atoms with Gasteiger partial charge >= 0.3 is 0 Å². The molecular weight excluding hydrogens is 202 g/mol. The minimum absolute atomic E-state index is 0.264. The van der Waals surface area contributed by atoms with Gasteiger partial charge in [0, 0.05) is 31.4 Å². The van der Waals surface area contributed by atoms with Gasteiger partial charge in [-0.05, 0) is 12.8 Å². The Balaban J connectivity index is 2.09. The molecule has 0 radical (unpaired) electrons. The van der Waals surface area contributed by atoms with Crippen molar-refractivity contribution in [2.24, 2.45) is 12.8 Å². The summed E-state index contributed by atoms with van der Waals surface area (Å²) in [6, 6.07) is 0.264. The van der Waals surface area contributed by atoms with Gasteiger partial charge in [0.2, 0.25) is 0 Å². The first-order valence-corrected chi connectivity index (χ1v) is 5.55. The molecule has 0 bridgehead atoms. The molecule has 16 heavy (non-hydrogen) atoms. The van der Waals surface area contributed by atoms with Gasteiger partial charge in [-0.15, -0.1) is 0 Å². The van der Waals surface area contributed by atoms with Gasteiger partial charge in [0.25, 0.3) is 0 Å². The van der Waals surface area contributed by atoms with Crippen molar-refractivity contribution in [3.63, 3.8) is 0 Å². The maximum Gasteiger partial charge on any atom is 0.143 e. The third-order valence-electron chi connectivity index (χ3n) is 3.26. The molecule has 1 atom stereocenters. The summed E-state index contributed by atoms with van der Waals surface area (Å²) in [6.07, 6.45) is 6.64. The van der Waals surface area contributed by atoms with Crippen molar-refractivity contribution < 1.29 is 0 Å². The number of aromatic amines is 1. The predicted octanol–water partition coefficient (Wildman–Crippen LogP) is 0.626. The van der Waals surface area contributed by atoms with E-state index in [0.29, 0.717) is 0 Å². The Kier molecular flexibility index (Phi) is 2.07. The summed E-state index contributed by atoms with van der Waals surface area (Å²) in [4.78, 5) is 4.67. The number of hydrogen-bond donors (Lipinski definition) is 2. The number of fused-ring (bicyclic) bond motifs is 1. The summed E-state index contributed by atoms with van der Waals surface area (Å²) in [5.74, 6) is 0.979. The van der Waals surface area contributed by atoms with Crippen molar-refractivity contribution in [3.8, 4) is 11.4 Å². The van der Waals surface area contributed by atoms with Crippen LogP contribution < -0.4 is 5.73 Å². The minimum atomic E-state index is 0.264. The lowest BCUT2D eigenvalue weighted by atomic mass is 9.97. The molecule has 5 nitrogen and oxygen atoms in total. The molecule has 3 N–H and O–H groups in total. The predicted molar refractivity (Wildman–Crippen MR) is 60.8 cm³/mol. The fraction of sp³-hybridized carbons (Fsp3) is 0.455. The molecule has 5 heteroatoms. The Hall–Kier alpha value is -1.62. The second-order valence-corrected chi connectivity index (χ2v) is 4.38. The van der Waals surface area contributed by atoms with Gasteiger partial charge in [0.1, 0.15) is 5.82 Å². The van der Waals surface area contributed by atoms with Crippen molar-refractivity contribution in [1.82, 2.24) is 19.7 Å².